The predicted molar refractivity (Wildman–Crippen MR) is 181 cm³/mol. The van der Waals surface area contributed by atoms with Gasteiger partial charge in [-0.3, -0.25) is 19.2 Å². The van der Waals surface area contributed by atoms with Crippen LogP contribution in [0.15, 0.2) is 12.7 Å². The zero-order valence-electron chi connectivity index (χ0n) is 29.3. The van der Waals surface area contributed by atoms with Gasteiger partial charge in [0.05, 0.1) is 34.1 Å². The number of nitriles is 1. The Morgan fingerprint density at radius 2 is 1.65 bits per heavy atom. The van der Waals surface area contributed by atoms with Gasteiger partial charge in [0.15, 0.2) is 9.84 Å². The van der Waals surface area contributed by atoms with Crippen molar-refractivity contribution in [1.82, 2.24) is 26.2 Å². The topological polar surface area (TPSA) is 195 Å². The Balaban J connectivity index is 1.83. The van der Waals surface area contributed by atoms with Crippen molar-refractivity contribution in [2.75, 3.05) is 18.8 Å². The zero-order valence-corrected chi connectivity index (χ0v) is 30.1. The first-order valence-corrected chi connectivity index (χ1v) is 18.6. The van der Waals surface area contributed by atoms with Crippen molar-refractivity contribution in [2.24, 2.45) is 17.3 Å². The number of nitrogens with zero attached hydrogens (tertiary/aromatic N) is 2. The summed E-state index contributed by atoms with van der Waals surface area (Å²) < 4.78 is 25.5. The predicted octanol–water partition coefficient (Wildman–Crippen LogP) is 2.51. The summed E-state index contributed by atoms with van der Waals surface area (Å²) in [4.78, 5) is 68.3. The second-order valence-corrected chi connectivity index (χ2v) is 18.5. The average Bonchev–Trinajstić information content (AvgIpc) is 3.70. The highest BCUT2D eigenvalue weighted by atomic mass is 32.2. The van der Waals surface area contributed by atoms with Gasteiger partial charge in [-0.1, -0.05) is 59.0 Å². The van der Waals surface area contributed by atoms with E-state index in [0.717, 1.165) is 32.1 Å². The van der Waals surface area contributed by atoms with Crippen molar-refractivity contribution >= 4 is 39.4 Å². The summed E-state index contributed by atoms with van der Waals surface area (Å²) in [6, 6.07) is -1.89. The van der Waals surface area contributed by atoms with E-state index in [0.29, 0.717) is 12.8 Å². The minimum Gasteiger partial charge on any atom is -0.346 e. The third-order valence-electron chi connectivity index (χ3n) is 9.58. The van der Waals surface area contributed by atoms with Crippen LogP contribution in [0.25, 0.3) is 0 Å². The van der Waals surface area contributed by atoms with Crippen LogP contribution in [0.2, 0.25) is 0 Å². The lowest BCUT2D eigenvalue weighted by Crippen LogP contribution is -2.63. The number of carbonyl (C=O) groups excluding carboxylic acids is 5. The van der Waals surface area contributed by atoms with Crippen LogP contribution in [0.1, 0.15) is 99.3 Å². The van der Waals surface area contributed by atoms with E-state index in [2.05, 4.69) is 33.9 Å². The van der Waals surface area contributed by atoms with Gasteiger partial charge in [0, 0.05) is 13.1 Å². The van der Waals surface area contributed by atoms with Crippen LogP contribution in [0, 0.1) is 28.6 Å². The van der Waals surface area contributed by atoms with Crippen molar-refractivity contribution < 1.29 is 32.4 Å². The third kappa shape index (κ3) is 10.0. The first-order valence-electron chi connectivity index (χ1n) is 17.0. The van der Waals surface area contributed by atoms with E-state index < -0.39 is 79.1 Å². The van der Waals surface area contributed by atoms with Crippen molar-refractivity contribution in [1.29, 1.82) is 5.26 Å². The van der Waals surface area contributed by atoms with Crippen molar-refractivity contribution in [3.63, 3.8) is 0 Å². The number of rotatable bonds is 13. The maximum atomic E-state index is 14.2. The molecule has 0 spiro atoms. The Bertz CT molecular complexity index is 1400. The minimum atomic E-state index is -3.59. The summed E-state index contributed by atoms with van der Waals surface area (Å²) in [5.41, 5.74) is -1.84. The van der Waals surface area contributed by atoms with Gasteiger partial charge in [-0.05, 0) is 57.8 Å². The molecule has 1 unspecified atom stereocenters. The SMILES string of the molecule is C=CCNC(=O)C(=O)C(CC1CC1)NC(=O)[C@@H]1C[C@@H](C#N)CN1C(=O)[C@@H](NC(=O)NC1(CS(=O)(=O)C(C)(C)C)CCCCC1)C(C)(C)C. The number of likely N-dealkylation sites (tertiary alicyclic amines) is 1. The van der Waals surface area contributed by atoms with Crippen LogP contribution in [-0.2, 0) is 29.0 Å². The number of ketones is 1. The molecule has 4 N–H and O–H groups in total. The Labute approximate surface area is 285 Å². The highest BCUT2D eigenvalue weighted by Gasteiger charge is 2.47. The number of hydrogen-bond acceptors (Lipinski definition) is 8. The highest BCUT2D eigenvalue weighted by Crippen LogP contribution is 2.35. The fourth-order valence-corrected chi connectivity index (χ4v) is 7.88. The first-order chi connectivity index (χ1) is 22.2. The van der Waals surface area contributed by atoms with Gasteiger partial charge >= 0.3 is 6.03 Å². The van der Waals surface area contributed by atoms with Crippen LogP contribution >= 0.6 is 0 Å². The molecule has 3 aliphatic rings. The van der Waals surface area contributed by atoms with E-state index in [-0.39, 0.29) is 37.6 Å². The molecule has 48 heavy (non-hydrogen) atoms. The molecule has 268 valence electrons. The van der Waals surface area contributed by atoms with E-state index >= 15 is 0 Å². The van der Waals surface area contributed by atoms with Crippen molar-refractivity contribution in [3.05, 3.63) is 12.7 Å². The summed E-state index contributed by atoms with van der Waals surface area (Å²) in [7, 11) is -3.59. The molecule has 0 aromatic heterocycles. The lowest BCUT2D eigenvalue weighted by molar-refractivity contribution is -0.143. The van der Waals surface area contributed by atoms with E-state index in [1.54, 1.807) is 41.5 Å². The molecular weight excluding hydrogens is 636 g/mol. The fraction of sp³-hybridized carbons (Fsp3) is 0.765. The molecule has 14 heteroatoms. The lowest BCUT2D eigenvalue weighted by atomic mass is 9.83. The average molecular weight is 691 g/mol. The largest absolute Gasteiger partial charge is 0.346 e. The summed E-state index contributed by atoms with van der Waals surface area (Å²) in [5.74, 6) is -3.56. The number of Topliss-reactive ketones (excluding diaryl/α,β-unsaturated/α-hetero) is 1. The number of amides is 5. The Kier molecular flexibility index (Phi) is 12.5. The van der Waals surface area contributed by atoms with Crippen LogP contribution < -0.4 is 21.3 Å². The molecule has 1 aliphatic heterocycles. The van der Waals surface area contributed by atoms with Crippen LogP contribution in [0.5, 0.6) is 0 Å². The number of nitrogens with one attached hydrogen (secondary N) is 4. The smallest absolute Gasteiger partial charge is 0.315 e. The molecular formula is C34H54N6O7S. The number of carbonyl (C=O) groups is 5. The molecule has 13 nitrogen and oxygen atoms in total. The molecule has 0 aromatic carbocycles. The van der Waals surface area contributed by atoms with E-state index in [1.807, 2.05) is 0 Å². The second kappa shape index (κ2) is 15.4. The van der Waals surface area contributed by atoms with Gasteiger partial charge in [0.2, 0.25) is 17.6 Å². The molecule has 4 atom stereocenters. The normalized spacial score (nSPS) is 22.4. The molecule has 0 bridgehead atoms. The molecule has 0 aromatic rings. The van der Waals surface area contributed by atoms with E-state index in [9.17, 15) is 37.7 Å². The summed E-state index contributed by atoms with van der Waals surface area (Å²) in [5, 5.41) is 20.6. The minimum absolute atomic E-state index is 0.0257. The molecule has 2 aliphatic carbocycles. The summed E-state index contributed by atoms with van der Waals surface area (Å²) in [6.45, 7) is 13.7. The van der Waals surface area contributed by atoms with Crippen molar-refractivity contribution in [2.45, 2.75) is 128 Å². The highest BCUT2D eigenvalue weighted by molar-refractivity contribution is 7.92. The molecule has 5 amide bonds. The fourth-order valence-electron chi connectivity index (χ4n) is 6.35. The lowest BCUT2D eigenvalue weighted by Gasteiger charge is -2.41. The van der Waals surface area contributed by atoms with Crippen LogP contribution in [-0.4, -0.2) is 90.1 Å². The van der Waals surface area contributed by atoms with Gasteiger partial charge < -0.3 is 26.2 Å². The maximum Gasteiger partial charge on any atom is 0.315 e. The quantitative estimate of drug-likeness (QED) is 0.167. The van der Waals surface area contributed by atoms with Gasteiger partial charge in [0.25, 0.3) is 5.91 Å². The van der Waals surface area contributed by atoms with Gasteiger partial charge in [0.1, 0.15) is 12.1 Å². The molecule has 1 heterocycles. The van der Waals surface area contributed by atoms with Crippen LogP contribution in [0.3, 0.4) is 0 Å². The second-order valence-electron chi connectivity index (χ2n) is 15.8. The maximum absolute atomic E-state index is 14.2. The van der Waals surface area contributed by atoms with Gasteiger partial charge in [-0.25, -0.2) is 13.2 Å². The number of hydrogen-bond donors (Lipinski definition) is 4. The summed E-state index contributed by atoms with van der Waals surface area (Å²) >= 11 is 0. The molecule has 1 saturated heterocycles. The van der Waals surface area contributed by atoms with Gasteiger partial charge in [-0.2, -0.15) is 5.26 Å². The number of sulfone groups is 1. The molecule has 3 rings (SSSR count). The third-order valence-corrected chi connectivity index (χ3v) is 12.4. The Morgan fingerprint density at radius 1 is 1.02 bits per heavy atom. The van der Waals surface area contributed by atoms with Crippen molar-refractivity contribution in [3.8, 4) is 6.07 Å². The molecule has 3 fully saturated rings. The summed E-state index contributed by atoms with van der Waals surface area (Å²) in [6.07, 6.45) is 6.89. The monoisotopic (exact) mass is 690 g/mol. The molecule has 0 radical (unpaired) electrons. The standard InChI is InChI=1S/C34H54N6O7S/c1-8-16-36-29(43)26(41)24(17-22-12-13-22)37-28(42)25-18-23(19-35)20-40(25)30(44)27(32(2,3)4)38-31(45)39-34(14-10-9-11-15-34)21-48(46,47)33(5,6)7/h8,22-25,27H,1,9-18,20-21H2,2-7H3,(H,36,43)(H,37,42)(H2,38,39,45)/t23-,24?,25-,27+/m0/s1. The molecule has 2 saturated carbocycles. The van der Waals surface area contributed by atoms with Crippen LogP contribution in [0.4, 0.5) is 4.79 Å². The Morgan fingerprint density at radius 3 is 2.17 bits per heavy atom. The van der Waals surface area contributed by atoms with Gasteiger partial charge in [-0.15, -0.1) is 6.58 Å². The number of urea groups is 1. The van der Waals surface area contributed by atoms with E-state index in [1.165, 1.54) is 11.0 Å². The first kappa shape index (κ1) is 39.0. The Hall–Kier alpha value is -3.47. The zero-order chi connectivity index (χ0) is 36.1. The van der Waals surface area contributed by atoms with E-state index in [4.69, 9.17) is 0 Å².